The van der Waals surface area contributed by atoms with Crippen LogP contribution in [-0.2, 0) is 6.42 Å². The minimum atomic E-state index is 0.486. The highest BCUT2D eigenvalue weighted by Gasteiger charge is 2.16. The second kappa shape index (κ2) is 4.61. The van der Waals surface area contributed by atoms with E-state index in [-0.39, 0.29) is 0 Å². The first kappa shape index (κ1) is 11.0. The predicted octanol–water partition coefficient (Wildman–Crippen LogP) is 2.90. The lowest BCUT2D eigenvalue weighted by Gasteiger charge is -2.06. The maximum Gasteiger partial charge on any atom is 0.178 e. The number of hydrogen-bond donors (Lipinski definition) is 0. The summed E-state index contributed by atoms with van der Waals surface area (Å²) >= 11 is 5.89. The minimum absolute atomic E-state index is 0.486. The molecule has 1 saturated carbocycles. The molecule has 0 aliphatic heterocycles. The Hall–Kier alpha value is -1.16. The molecule has 1 fully saturated rings. The zero-order valence-electron chi connectivity index (χ0n) is 9.64. The van der Waals surface area contributed by atoms with Crippen LogP contribution in [0.2, 0.25) is 5.15 Å². The molecule has 0 bridgehead atoms. The van der Waals surface area contributed by atoms with Gasteiger partial charge in [-0.15, -0.1) is 10.2 Å². The average molecular weight is 251 g/mol. The van der Waals surface area contributed by atoms with Gasteiger partial charge in [0.1, 0.15) is 5.15 Å². The highest BCUT2D eigenvalue weighted by Crippen LogP contribution is 2.28. The Kier molecular flexibility index (Phi) is 2.97. The van der Waals surface area contributed by atoms with Gasteiger partial charge in [-0.25, -0.2) is 0 Å². The second-order valence-electron chi connectivity index (χ2n) is 4.73. The minimum Gasteiger partial charge on any atom is -0.196 e. The number of rotatable bonds is 3. The zero-order chi connectivity index (χ0) is 11.7. The molecule has 0 unspecified atom stereocenters. The number of nitrogens with zero attached hydrogens (tertiary/aromatic N) is 4. The fourth-order valence-corrected chi connectivity index (χ4v) is 2.74. The highest BCUT2D eigenvalue weighted by molar-refractivity contribution is 6.29. The van der Waals surface area contributed by atoms with Crippen LogP contribution in [-0.4, -0.2) is 19.8 Å². The van der Waals surface area contributed by atoms with E-state index in [1.807, 2.05) is 6.07 Å². The molecule has 0 radical (unpaired) electrons. The van der Waals surface area contributed by atoms with E-state index in [0.717, 1.165) is 23.8 Å². The van der Waals surface area contributed by atoms with Crippen molar-refractivity contribution >= 4 is 17.2 Å². The molecule has 0 amide bonds. The largest absolute Gasteiger partial charge is 0.196 e. The van der Waals surface area contributed by atoms with Gasteiger partial charge in [0.15, 0.2) is 11.5 Å². The van der Waals surface area contributed by atoms with Gasteiger partial charge in [0.2, 0.25) is 0 Å². The van der Waals surface area contributed by atoms with Crippen molar-refractivity contribution in [3.63, 3.8) is 0 Å². The normalized spacial score (nSPS) is 17.0. The Morgan fingerprint density at radius 3 is 2.88 bits per heavy atom. The van der Waals surface area contributed by atoms with E-state index in [9.17, 15) is 0 Å². The molecule has 4 nitrogen and oxygen atoms in total. The summed E-state index contributed by atoms with van der Waals surface area (Å²) in [6, 6.07) is 3.59. The number of aromatic nitrogens is 4. The zero-order valence-corrected chi connectivity index (χ0v) is 10.4. The topological polar surface area (TPSA) is 43.1 Å². The Balaban J connectivity index is 1.77. The SMILES string of the molecule is Clc1ccc2nnc(CCC3CCCC3)n2n1. The number of fused-ring (bicyclic) bond motifs is 1. The van der Waals surface area contributed by atoms with Crippen molar-refractivity contribution in [2.24, 2.45) is 5.92 Å². The average Bonchev–Trinajstić information content (AvgIpc) is 2.94. The van der Waals surface area contributed by atoms with E-state index in [1.54, 1.807) is 10.6 Å². The molecule has 0 spiro atoms. The van der Waals surface area contributed by atoms with Crippen molar-refractivity contribution in [2.45, 2.75) is 38.5 Å². The van der Waals surface area contributed by atoms with Crippen molar-refractivity contribution in [1.29, 1.82) is 0 Å². The summed E-state index contributed by atoms with van der Waals surface area (Å²) in [4.78, 5) is 0. The third-order valence-corrected chi connectivity index (χ3v) is 3.75. The van der Waals surface area contributed by atoms with Crippen molar-refractivity contribution < 1.29 is 0 Å². The van der Waals surface area contributed by atoms with E-state index in [2.05, 4.69) is 15.3 Å². The summed E-state index contributed by atoms with van der Waals surface area (Å²) in [5.41, 5.74) is 0.774. The standard InChI is InChI=1S/C12H15ClN4/c13-10-6-8-12-15-14-11(17(12)16-10)7-5-9-3-1-2-4-9/h6,8-9H,1-5,7H2. The Morgan fingerprint density at radius 2 is 2.06 bits per heavy atom. The maximum atomic E-state index is 5.89. The van der Waals surface area contributed by atoms with E-state index >= 15 is 0 Å². The van der Waals surface area contributed by atoms with Gasteiger partial charge in [-0.3, -0.25) is 0 Å². The van der Waals surface area contributed by atoms with Crippen LogP contribution in [0.1, 0.15) is 37.9 Å². The molecule has 0 atom stereocenters. The molecule has 0 N–H and O–H groups in total. The monoisotopic (exact) mass is 250 g/mol. The van der Waals surface area contributed by atoms with Crippen LogP contribution in [0.15, 0.2) is 12.1 Å². The van der Waals surface area contributed by atoms with Gasteiger partial charge >= 0.3 is 0 Å². The molecule has 2 aromatic rings. The molecule has 0 aromatic carbocycles. The van der Waals surface area contributed by atoms with Crippen LogP contribution < -0.4 is 0 Å². The predicted molar refractivity (Wildman–Crippen MR) is 66.1 cm³/mol. The molecule has 17 heavy (non-hydrogen) atoms. The molecule has 90 valence electrons. The third kappa shape index (κ3) is 2.27. The van der Waals surface area contributed by atoms with Gasteiger partial charge in [-0.1, -0.05) is 37.3 Å². The van der Waals surface area contributed by atoms with Crippen molar-refractivity contribution in [3.05, 3.63) is 23.1 Å². The van der Waals surface area contributed by atoms with Gasteiger partial charge in [-0.2, -0.15) is 9.61 Å². The van der Waals surface area contributed by atoms with Crippen LogP contribution >= 0.6 is 11.6 Å². The Bertz CT molecular complexity index is 516. The van der Waals surface area contributed by atoms with Crippen LogP contribution in [0.5, 0.6) is 0 Å². The molecule has 5 heteroatoms. The fraction of sp³-hybridized carbons (Fsp3) is 0.583. The summed E-state index contributed by atoms with van der Waals surface area (Å²) in [6.07, 6.45) is 7.63. The highest BCUT2D eigenvalue weighted by atomic mass is 35.5. The van der Waals surface area contributed by atoms with Gasteiger partial charge in [0.05, 0.1) is 0 Å². The molecule has 1 aliphatic carbocycles. The number of aryl methyl sites for hydroxylation is 1. The van der Waals surface area contributed by atoms with Crippen molar-refractivity contribution in [2.75, 3.05) is 0 Å². The van der Waals surface area contributed by atoms with Crippen molar-refractivity contribution in [3.8, 4) is 0 Å². The summed E-state index contributed by atoms with van der Waals surface area (Å²) < 4.78 is 1.76. The van der Waals surface area contributed by atoms with Crippen molar-refractivity contribution in [1.82, 2.24) is 19.8 Å². The molecule has 1 aliphatic rings. The number of hydrogen-bond acceptors (Lipinski definition) is 3. The summed E-state index contributed by atoms with van der Waals surface area (Å²) in [5.74, 6) is 1.79. The van der Waals surface area contributed by atoms with Crippen LogP contribution in [0.25, 0.3) is 5.65 Å². The Morgan fingerprint density at radius 1 is 1.24 bits per heavy atom. The fourth-order valence-electron chi connectivity index (χ4n) is 2.60. The van der Waals surface area contributed by atoms with Gasteiger partial charge < -0.3 is 0 Å². The summed E-state index contributed by atoms with van der Waals surface area (Å²) in [5, 5.41) is 13.0. The summed E-state index contributed by atoms with van der Waals surface area (Å²) in [6.45, 7) is 0. The van der Waals surface area contributed by atoms with Crippen LogP contribution in [0.4, 0.5) is 0 Å². The Labute approximate surface area is 105 Å². The molecule has 2 heterocycles. The lowest BCUT2D eigenvalue weighted by Crippen LogP contribution is -2.02. The molecular formula is C12H15ClN4. The first-order valence-corrected chi connectivity index (χ1v) is 6.57. The van der Waals surface area contributed by atoms with Crippen LogP contribution in [0.3, 0.4) is 0 Å². The van der Waals surface area contributed by atoms with Gasteiger partial charge in [0.25, 0.3) is 0 Å². The molecule has 3 rings (SSSR count). The van der Waals surface area contributed by atoms with Crippen LogP contribution in [0, 0.1) is 5.92 Å². The van der Waals surface area contributed by atoms with E-state index in [4.69, 9.17) is 11.6 Å². The first-order valence-electron chi connectivity index (χ1n) is 6.20. The lowest BCUT2D eigenvalue weighted by atomic mass is 10.0. The lowest BCUT2D eigenvalue weighted by molar-refractivity contribution is 0.493. The van der Waals surface area contributed by atoms with E-state index in [0.29, 0.717) is 5.15 Å². The first-order chi connectivity index (χ1) is 8.33. The maximum absolute atomic E-state index is 5.89. The molecule has 0 saturated heterocycles. The molecular weight excluding hydrogens is 236 g/mol. The molecule has 2 aromatic heterocycles. The summed E-state index contributed by atoms with van der Waals surface area (Å²) in [7, 11) is 0. The smallest absolute Gasteiger partial charge is 0.178 e. The quantitative estimate of drug-likeness (QED) is 0.841. The van der Waals surface area contributed by atoms with E-state index < -0.39 is 0 Å². The van der Waals surface area contributed by atoms with Gasteiger partial charge in [-0.05, 0) is 24.5 Å². The number of halogens is 1. The van der Waals surface area contributed by atoms with Gasteiger partial charge in [0, 0.05) is 6.42 Å². The third-order valence-electron chi connectivity index (χ3n) is 3.55. The second-order valence-corrected chi connectivity index (χ2v) is 5.12. The van der Waals surface area contributed by atoms with E-state index in [1.165, 1.54) is 32.1 Å².